The zero-order chi connectivity index (χ0) is 33.6. The van der Waals surface area contributed by atoms with E-state index in [-0.39, 0.29) is 31.0 Å². The number of aryl methyl sites for hydroxylation is 4. The number of ether oxygens (including phenoxy) is 1. The first-order chi connectivity index (χ1) is 22.7. The average Bonchev–Trinajstić information content (AvgIpc) is 3.09. The van der Waals surface area contributed by atoms with Crippen molar-refractivity contribution in [3.05, 3.63) is 138 Å². The van der Waals surface area contributed by atoms with Gasteiger partial charge < -0.3 is 15.0 Å². The molecule has 5 heterocycles. The number of benzene rings is 1. The minimum atomic E-state index is -0.101. The molecule has 0 unspecified atom stereocenters. The van der Waals surface area contributed by atoms with Crippen molar-refractivity contribution < 1.29 is 29.3 Å². The molecule has 0 saturated carbocycles. The van der Waals surface area contributed by atoms with Crippen molar-refractivity contribution in [1.29, 1.82) is 0 Å². The number of pyridine rings is 5. The number of carbonyl (C=O) groups is 1. The van der Waals surface area contributed by atoms with Crippen LogP contribution in [0.25, 0.3) is 34.0 Å². The summed E-state index contributed by atoms with van der Waals surface area (Å²) in [7, 11) is 1.61. The molecule has 6 rings (SSSR count). The maximum Gasteiger partial charge on any atom is 1.00 e. The Hall–Kier alpha value is -4.64. The van der Waals surface area contributed by atoms with Crippen LogP contribution in [0.1, 0.15) is 22.3 Å². The summed E-state index contributed by atoms with van der Waals surface area (Å²) in [5.74, 6) is 0.629. The van der Waals surface area contributed by atoms with Crippen LogP contribution in [0.15, 0.2) is 110 Å². The van der Waals surface area contributed by atoms with Gasteiger partial charge in [0.05, 0.1) is 35.2 Å². The molecule has 5 aromatic heterocycles. The summed E-state index contributed by atoms with van der Waals surface area (Å²) in [5.41, 5.74) is 10.8. The van der Waals surface area contributed by atoms with Gasteiger partial charge in [-0.1, -0.05) is 15.9 Å². The van der Waals surface area contributed by atoms with Crippen molar-refractivity contribution in [2.45, 2.75) is 27.7 Å². The summed E-state index contributed by atoms with van der Waals surface area (Å²) in [6, 6.07) is 28.2. The Labute approximate surface area is 303 Å². The molecule has 1 amide bonds. The van der Waals surface area contributed by atoms with E-state index in [4.69, 9.17) is 4.74 Å². The predicted molar refractivity (Wildman–Crippen MR) is 191 cm³/mol. The number of hydrogen-bond acceptors (Lipinski definition) is 7. The smallest absolute Gasteiger partial charge is 0.497 e. The first-order valence-electron chi connectivity index (χ1n) is 14.8. The van der Waals surface area contributed by atoms with Gasteiger partial charge in [0.15, 0.2) is 0 Å². The Bertz CT molecular complexity index is 1760. The summed E-state index contributed by atoms with van der Waals surface area (Å²) in [6.07, 6.45) is 8.93. The number of aromatic nitrogens is 5. The average molecular weight is 879 g/mol. The van der Waals surface area contributed by atoms with Crippen molar-refractivity contribution in [2.75, 3.05) is 17.8 Å². The molecular weight excluding hydrogens is 843 g/mol. The summed E-state index contributed by atoms with van der Waals surface area (Å²) < 4.78 is 5.16. The maximum absolute atomic E-state index is 11.3. The number of hydrogen-bond donors (Lipinski definition) is 1. The molecule has 0 aliphatic heterocycles. The van der Waals surface area contributed by atoms with E-state index >= 15 is 0 Å². The topological polar surface area (TPSA) is 103 Å². The Kier molecular flexibility index (Phi) is 15.2. The third-order valence-electron chi connectivity index (χ3n) is 6.64. The number of anilines is 1. The van der Waals surface area contributed by atoms with E-state index in [0.717, 1.165) is 39.8 Å². The van der Waals surface area contributed by atoms with Gasteiger partial charge in [-0.25, -0.2) is 0 Å². The van der Waals surface area contributed by atoms with Crippen molar-refractivity contribution in [3.8, 4) is 39.8 Å². The molecule has 0 fully saturated rings. The molecule has 245 valence electrons. The molecule has 0 spiro atoms. The summed E-state index contributed by atoms with van der Waals surface area (Å²) >= 11 is 3.11. The minimum Gasteiger partial charge on any atom is -0.497 e. The summed E-state index contributed by atoms with van der Waals surface area (Å²) in [5, 5.41) is 3.03. The monoisotopic (exact) mass is 879 g/mol. The number of halogens is 1. The van der Waals surface area contributed by atoms with Gasteiger partial charge in [0, 0.05) is 31.0 Å². The van der Waals surface area contributed by atoms with Gasteiger partial charge >= 0.3 is 19.8 Å². The number of alkyl halides is 1. The molecule has 0 atom stereocenters. The van der Waals surface area contributed by atoms with Crippen molar-refractivity contribution >= 4 is 27.5 Å². The van der Waals surface area contributed by atoms with Gasteiger partial charge in [0.25, 0.3) is 0 Å². The third kappa shape index (κ3) is 11.9. The fourth-order valence-electron chi connectivity index (χ4n) is 4.28. The van der Waals surface area contributed by atoms with Crippen LogP contribution in [-0.4, -0.2) is 43.3 Å². The summed E-state index contributed by atoms with van der Waals surface area (Å²) in [6.45, 7) is 8.23. The van der Waals surface area contributed by atoms with Crippen LogP contribution >= 0.6 is 15.9 Å². The van der Waals surface area contributed by atoms with E-state index in [1.54, 1.807) is 31.5 Å². The molecule has 0 aliphatic carbocycles. The Morgan fingerprint density at radius 1 is 0.646 bits per heavy atom. The van der Waals surface area contributed by atoms with Crippen molar-refractivity contribution in [3.63, 3.8) is 0 Å². The zero-order valence-electron chi connectivity index (χ0n) is 27.4. The van der Waals surface area contributed by atoms with Crippen LogP contribution in [-0.2, 0) is 24.6 Å². The van der Waals surface area contributed by atoms with Gasteiger partial charge in [0.1, 0.15) is 5.75 Å². The standard InChI is InChI=1S/C14H12BrN2O2.2C12H12N2.Os/c1-19-12-5-6-16-13(8-12)10-3-2-4-11(7-10)17-14(18)9-15;2*1-9-3-5-13-11(7-9)12-8-10(2)4-6-14-12;/h2,4-8H,9H2,1H3,(H,17,18);2*3-8H,1-2H3;/q-1;;;+1. The van der Waals surface area contributed by atoms with Crippen molar-refractivity contribution in [2.24, 2.45) is 0 Å². The number of rotatable bonds is 6. The second-order valence-electron chi connectivity index (χ2n) is 10.6. The molecule has 0 saturated heterocycles. The fourth-order valence-corrected chi connectivity index (χ4v) is 4.42. The van der Waals surface area contributed by atoms with E-state index in [0.29, 0.717) is 5.69 Å². The van der Waals surface area contributed by atoms with Crippen molar-refractivity contribution in [1.82, 2.24) is 24.9 Å². The third-order valence-corrected chi connectivity index (χ3v) is 7.15. The first-order valence-corrected chi connectivity index (χ1v) is 16.0. The van der Waals surface area contributed by atoms with Gasteiger partial charge in [0.2, 0.25) is 5.91 Å². The van der Waals surface area contributed by atoms with E-state index < -0.39 is 0 Å². The van der Waals surface area contributed by atoms with E-state index in [2.05, 4.69) is 79.9 Å². The Morgan fingerprint density at radius 3 is 1.46 bits per heavy atom. The molecule has 48 heavy (non-hydrogen) atoms. The van der Waals surface area contributed by atoms with Gasteiger partial charge in [-0.05, 0) is 122 Å². The SMILES string of the molecule is COc1ccnc(-c2[c-]ccc(NC(=O)CBr)c2)c1.Cc1ccnc(-c2cc(C)ccn2)c1.Cc1ccnc(-c2cc(C)ccn2)c1.[Os+]. The zero-order valence-corrected chi connectivity index (χ0v) is 31.5. The van der Waals surface area contributed by atoms with E-state index in [9.17, 15) is 4.79 Å². The van der Waals surface area contributed by atoms with Gasteiger partial charge in [-0.15, -0.1) is 29.8 Å². The normalized spacial score (nSPS) is 9.88. The first kappa shape index (κ1) is 37.8. The molecule has 0 aliphatic rings. The van der Waals surface area contributed by atoms with Crippen LogP contribution in [0.3, 0.4) is 0 Å². The number of carbonyl (C=O) groups excluding carboxylic acids is 1. The van der Waals surface area contributed by atoms with Crippen LogP contribution in [0.4, 0.5) is 5.69 Å². The maximum atomic E-state index is 11.3. The second-order valence-corrected chi connectivity index (χ2v) is 11.2. The van der Waals surface area contributed by atoms with Crippen LogP contribution in [0.2, 0.25) is 0 Å². The number of methoxy groups -OCH3 is 1. The quantitative estimate of drug-likeness (QED) is 0.133. The van der Waals surface area contributed by atoms with Crippen LogP contribution in [0.5, 0.6) is 5.75 Å². The van der Waals surface area contributed by atoms with E-state index in [1.165, 1.54) is 22.3 Å². The molecule has 1 radical (unpaired) electrons. The van der Waals surface area contributed by atoms with E-state index in [1.807, 2.05) is 85.5 Å². The number of amides is 1. The van der Waals surface area contributed by atoms with Gasteiger partial charge in [-0.2, -0.15) is 0 Å². The Morgan fingerprint density at radius 2 is 1.06 bits per heavy atom. The minimum absolute atomic E-state index is 0. The Balaban J connectivity index is 0.000000197. The molecular formula is C38H36BrN6O2Os. The molecule has 8 nitrogen and oxygen atoms in total. The van der Waals surface area contributed by atoms with Gasteiger partial charge in [-0.3, -0.25) is 24.7 Å². The largest absolute Gasteiger partial charge is 1.00 e. The molecule has 6 aromatic rings. The molecule has 10 heteroatoms. The fraction of sp³-hybridized carbons (Fsp3) is 0.158. The molecule has 1 N–H and O–H groups in total. The summed E-state index contributed by atoms with van der Waals surface area (Å²) in [4.78, 5) is 32.7. The number of nitrogens with zero attached hydrogens (tertiary/aromatic N) is 5. The molecule has 1 aromatic carbocycles. The molecule has 0 bridgehead atoms. The second kappa shape index (κ2) is 19.2. The predicted octanol–water partition coefficient (Wildman–Crippen LogP) is 8.41. The number of nitrogens with one attached hydrogen (secondary N) is 1. The van der Waals surface area contributed by atoms with Crippen LogP contribution in [0, 0.1) is 33.8 Å². The van der Waals surface area contributed by atoms with Crippen LogP contribution < -0.4 is 10.1 Å².